The molecule has 27 heavy (non-hydrogen) atoms. The molecule has 0 unspecified atom stereocenters. The van der Waals surface area contributed by atoms with Gasteiger partial charge in [-0.05, 0) is 42.7 Å². The minimum Gasteiger partial charge on any atom is -0.491 e. The predicted octanol–water partition coefficient (Wildman–Crippen LogP) is 3.12. The fourth-order valence-corrected chi connectivity index (χ4v) is 4.90. The van der Waals surface area contributed by atoms with E-state index in [2.05, 4.69) is 31.3 Å². The molecule has 2 saturated carbocycles. The number of carbonyl (C=O) groups is 2. The van der Waals surface area contributed by atoms with E-state index < -0.39 is 0 Å². The standard InChI is InChI=1S/C21H27N3O3/c1-20(2)14-8-10-21(20,3)17(12-14)22-23-18(25)13-24-15-6-4-5-7-16(15)27-11-9-19(24)26/h4-7,14H,8-13H2,1-3H3,(H,23,25)/b22-17+/t14-,21+/m0/s1. The first-order valence-electron chi connectivity index (χ1n) is 9.71. The molecule has 2 atom stereocenters. The Kier molecular flexibility index (Phi) is 4.24. The number of hydrazone groups is 1. The highest BCUT2D eigenvalue weighted by Gasteiger charge is 2.60. The molecule has 1 aliphatic heterocycles. The molecule has 2 fully saturated rings. The second kappa shape index (κ2) is 6.36. The number of nitrogens with zero attached hydrogens (tertiary/aromatic N) is 2. The Morgan fingerprint density at radius 1 is 1.33 bits per heavy atom. The SMILES string of the molecule is CC1(C)[C@H]2CC[C@]1(C)/C(=N/NC(=O)CN1C(=O)CCOc3ccccc31)C2. The van der Waals surface area contributed by atoms with Crippen molar-refractivity contribution in [2.75, 3.05) is 18.1 Å². The average Bonchev–Trinajstić information content (AvgIpc) is 2.89. The number of amides is 2. The molecule has 0 radical (unpaired) electrons. The summed E-state index contributed by atoms with van der Waals surface area (Å²) in [7, 11) is 0. The van der Waals surface area contributed by atoms with Crippen molar-refractivity contribution >= 4 is 23.2 Å². The smallest absolute Gasteiger partial charge is 0.260 e. The lowest BCUT2D eigenvalue weighted by Crippen LogP contribution is -2.40. The van der Waals surface area contributed by atoms with Gasteiger partial charge in [-0.15, -0.1) is 0 Å². The van der Waals surface area contributed by atoms with E-state index in [0.29, 0.717) is 24.0 Å². The molecule has 2 bridgehead atoms. The van der Waals surface area contributed by atoms with Crippen molar-refractivity contribution in [1.29, 1.82) is 0 Å². The van der Waals surface area contributed by atoms with Gasteiger partial charge < -0.3 is 4.74 Å². The second-order valence-corrected chi connectivity index (χ2v) is 8.63. The molecule has 2 aliphatic carbocycles. The number of hydrogen-bond acceptors (Lipinski definition) is 4. The van der Waals surface area contributed by atoms with Gasteiger partial charge in [-0.1, -0.05) is 32.9 Å². The van der Waals surface area contributed by atoms with Crippen molar-refractivity contribution < 1.29 is 14.3 Å². The van der Waals surface area contributed by atoms with Crippen LogP contribution in [0, 0.1) is 16.7 Å². The lowest BCUT2D eigenvalue weighted by molar-refractivity contribution is -0.123. The third kappa shape index (κ3) is 2.82. The van der Waals surface area contributed by atoms with E-state index in [0.717, 1.165) is 18.6 Å². The summed E-state index contributed by atoms with van der Waals surface area (Å²) in [6, 6.07) is 7.31. The maximum Gasteiger partial charge on any atom is 0.260 e. The minimum absolute atomic E-state index is 0.0454. The van der Waals surface area contributed by atoms with E-state index in [9.17, 15) is 9.59 Å². The Labute approximate surface area is 159 Å². The Bertz CT molecular complexity index is 817. The number of ether oxygens (including phenoxy) is 1. The molecule has 3 aliphatic rings. The fraction of sp³-hybridized carbons (Fsp3) is 0.571. The van der Waals surface area contributed by atoms with Gasteiger partial charge in [-0.25, -0.2) is 5.43 Å². The quantitative estimate of drug-likeness (QED) is 0.832. The lowest BCUT2D eigenvalue weighted by Gasteiger charge is -2.34. The summed E-state index contributed by atoms with van der Waals surface area (Å²) in [5.41, 5.74) is 4.69. The van der Waals surface area contributed by atoms with Gasteiger partial charge in [0, 0.05) is 11.1 Å². The van der Waals surface area contributed by atoms with E-state index in [1.54, 1.807) is 6.07 Å². The number of anilines is 1. The van der Waals surface area contributed by atoms with Crippen molar-refractivity contribution in [2.24, 2.45) is 21.8 Å². The average molecular weight is 369 g/mol. The summed E-state index contributed by atoms with van der Waals surface area (Å²) in [5.74, 6) is 0.867. The summed E-state index contributed by atoms with van der Waals surface area (Å²) < 4.78 is 5.62. The minimum atomic E-state index is -0.281. The van der Waals surface area contributed by atoms with Crippen LogP contribution in [-0.4, -0.2) is 30.7 Å². The number of fused-ring (bicyclic) bond motifs is 3. The van der Waals surface area contributed by atoms with Gasteiger partial charge in [0.25, 0.3) is 5.91 Å². The van der Waals surface area contributed by atoms with Crippen LogP contribution in [0.25, 0.3) is 0 Å². The first-order valence-corrected chi connectivity index (χ1v) is 9.71. The first kappa shape index (κ1) is 18.0. The van der Waals surface area contributed by atoms with Crippen molar-refractivity contribution in [3.8, 4) is 5.75 Å². The normalized spacial score (nSPS) is 30.0. The maximum absolute atomic E-state index is 12.6. The largest absolute Gasteiger partial charge is 0.491 e. The number of nitrogens with one attached hydrogen (secondary N) is 1. The van der Waals surface area contributed by atoms with Crippen molar-refractivity contribution in [1.82, 2.24) is 5.43 Å². The predicted molar refractivity (Wildman–Crippen MR) is 104 cm³/mol. The highest BCUT2D eigenvalue weighted by molar-refractivity contribution is 6.01. The summed E-state index contributed by atoms with van der Waals surface area (Å²) in [4.78, 5) is 26.5. The number of hydrogen-bond donors (Lipinski definition) is 1. The molecular weight excluding hydrogens is 342 g/mol. The van der Waals surface area contributed by atoms with Gasteiger partial charge in [-0.2, -0.15) is 5.10 Å². The molecule has 4 rings (SSSR count). The van der Waals surface area contributed by atoms with E-state index in [4.69, 9.17) is 4.74 Å². The highest BCUT2D eigenvalue weighted by Crippen LogP contribution is 2.63. The monoisotopic (exact) mass is 369 g/mol. The van der Waals surface area contributed by atoms with Crippen LogP contribution >= 0.6 is 0 Å². The van der Waals surface area contributed by atoms with E-state index >= 15 is 0 Å². The van der Waals surface area contributed by atoms with Crippen LogP contribution in [0.15, 0.2) is 29.4 Å². The topological polar surface area (TPSA) is 71.0 Å². The first-order chi connectivity index (χ1) is 12.8. The maximum atomic E-state index is 12.6. The van der Waals surface area contributed by atoms with Gasteiger partial charge in [0.15, 0.2) is 0 Å². The Balaban J connectivity index is 1.48. The fourth-order valence-electron chi connectivity index (χ4n) is 4.90. The third-order valence-corrected chi connectivity index (χ3v) is 7.16. The zero-order valence-electron chi connectivity index (χ0n) is 16.2. The molecule has 1 heterocycles. The zero-order valence-corrected chi connectivity index (χ0v) is 16.2. The highest BCUT2D eigenvalue weighted by atomic mass is 16.5. The Morgan fingerprint density at radius 3 is 2.81 bits per heavy atom. The third-order valence-electron chi connectivity index (χ3n) is 7.16. The molecule has 0 saturated heterocycles. The van der Waals surface area contributed by atoms with Gasteiger partial charge in [0.2, 0.25) is 5.91 Å². The molecule has 0 aromatic heterocycles. The van der Waals surface area contributed by atoms with Crippen LogP contribution in [0.2, 0.25) is 0 Å². The summed E-state index contributed by atoms with van der Waals surface area (Å²) in [5, 5.41) is 4.49. The van der Waals surface area contributed by atoms with Gasteiger partial charge >= 0.3 is 0 Å². The molecule has 2 amide bonds. The molecule has 144 valence electrons. The second-order valence-electron chi connectivity index (χ2n) is 8.63. The number of benzene rings is 1. The summed E-state index contributed by atoms with van der Waals surface area (Å²) in [6.45, 7) is 7.14. The van der Waals surface area contributed by atoms with Gasteiger partial charge in [-0.3, -0.25) is 14.5 Å². The van der Waals surface area contributed by atoms with Crippen molar-refractivity contribution in [3.05, 3.63) is 24.3 Å². The van der Waals surface area contributed by atoms with E-state index in [-0.39, 0.29) is 35.6 Å². The van der Waals surface area contributed by atoms with Crippen molar-refractivity contribution in [3.63, 3.8) is 0 Å². The molecule has 6 heteroatoms. The van der Waals surface area contributed by atoms with Crippen LogP contribution in [-0.2, 0) is 9.59 Å². The number of rotatable bonds is 3. The zero-order chi connectivity index (χ0) is 19.2. The summed E-state index contributed by atoms with van der Waals surface area (Å²) in [6.07, 6.45) is 3.55. The van der Waals surface area contributed by atoms with Crippen molar-refractivity contribution in [2.45, 2.75) is 46.5 Å². The van der Waals surface area contributed by atoms with E-state index in [1.807, 2.05) is 18.2 Å². The molecule has 1 aromatic carbocycles. The van der Waals surface area contributed by atoms with Crippen LogP contribution in [0.1, 0.15) is 46.5 Å². The van der Waals surface area contributed by atoms with Gasteiger partial charge in [0.1, 0.15) is 12.3 Å². The molecule has 0 spiro atoms. The Morgan fingerprint density at radius 2 is 2.11 bits per heavy atom. The van der Waals surface area contributed by atoms with Crippen LogP contribution in [0.4, 0.5) is 5.69 Å². The molecule has 6 nitrogen and oxygen atoms in total. The molecular formula is C21H27N3O3. The van der Waals surface area contributed by atoms with Gasteiger partial charge in [0.05, 0.1) is 18.7 Å². The number of para-hydroxylation sites is 2. The van der Waals surface area contributed by atoms with Crippen LogP contribution in [0.5, 0.6) is 5.75 Å². The number of carbonyl (C=O) groups excluding carboxylic acids is 2. The lowest BCUT2D eigenvalue weighted by atomic mass is 9.70. The molecule has 1 N–H and O–H groups in total. The van der Waals surface area contributed by atoms with E-state index in [1.165, 1.54) is 11.3 Å². The van der Waals surface area contributed by atoms with Crippen LogP contribution in [0.3, 0.4) is 0 Å². The molecule has 1 aromatic rings. The summed E-state index contributed by atoms with van der Waals surface area (Å²) >= 11 is 0. The van der Waals surface area contributed by atoms with Crippen LogP contribution < -0.4 is 15.1 Å². The Hall–Kier alpha value is -2.37.